The first-order valence-corrected chi connectivity index (χ1v) is 39.9. The van der Waals surface area contributed by atoms with Crippen LogP contribution in [0, 0.1) is 0 Å². The number of quaternary nitrogens is 2. The van der Waals surface area contributed by atoms with E-state index in [0.717, 1.165) is 9.79 Å². The molecule has 2 rings (SSSR count). The van der Waals surface area contributed by atoms with Gasteiger partial charge >= 0.3 is 0 Å². The second-order valence-electron chi connectivity index (χ2n) is 26.4. The van der Waals surface area contributed by atoms with E-state index in [0.29, 0.717) is 0 Å². The van der Waals surface area contributed by atoms with Crippen LogP contribution < -0.4 is 10.2 Å². The van der Waals surface area contributed by atoms with Crippen molar-refractivity contribution in [3.8, 4) is 0 Å². The van der Waals surface area contributed by atoms with Crippen LogP contribution in [-0.4, -0.2) is 73.3 Å². The van der Waals surface area contributed by atoms with Crippen molar-refractivity contribution in [2.24, 2.45) is 0 Å². The maximum absolute atomic E-state index is 10.6. The third-order valence-corrected chi connectivity index (χ3v) is 20.7. The lowest BCUT2D eigenvalue weighted by Crippen LogP contribution is -2.50. The number of benzene rings is 2. The van der Waals surface area contributed by atoms with Crippen LogP contribution in [0.4, 0.5) is 0 Å². The van der Waals surface area contributed by atoms with Crippen molar-refractivity contribution in [3.05, 3.63) is 59.7 Å². The second-order valence-corrected chi connectivity index (χ2v) is 28.7. The van der Waals surface area contributed by atoms with Crippen molar-refractivity contribution in [1.82, 2.24) is 0 Å². The standard InChI is InChI=1S/2C32H68N.C14H10O4S2/c2*1-5-9-13-17-21-25-29-33(30-26-22-18-14-10-6-2,31-27-23-19-15-11-7-3)32-28-24-20-16-12-8-4;15-13(16)9-1-5-11(6-2-9)19-20-12-7-3-10(4-8-12)14(17)18/h2*5-32H2,1-4H3;1-8H,(H,15,16)(H,17,18)/q2*+1;/p-2. The van der Waals surface area contributed by atoms with E-state index in [9.17, 15) is 19.8 Å². The third kappa shape index (κ3) is 50.7. The fourth-order valence-corrected chi connectivity index (χ4v) is 14.5. The number of nitrogens with zero attached hydrogens (tertiary/aromatic N) is 2. The predicted molar refractivity (Wildman–Crippen MR) is 380 cm³/mol. The lowest BCUT2D eigenvalue weighted by molar-refractivity contribution is -0.929. The van der Waals surface area contributed by atoms with Crippen LogP contribution in [0.15, 0.2) is 58.3 Å². The molecule has 8 heteroatoms. The molecule has 0 aromatic heterocycles. The molecule has 0 bridgehead atoms. The summed E-state index contributed by atoms with van der Waals surface area (Å²) in [6.45, 7) is 30.5. The van der Waals surface area contributed by atoms with Crippen LogP contribution in [0.5, 0.6) is 0 Å². The van der Waals surface area contributed by atoms with Crippen molar-refractivity contribution >= 4 is 33.5 Å². The first-order chi connectivity index (χ1) is 42.0. The van der Waals surface area contributed by atoms with Crippen molar-refractivity contribution in [3.63, 3.8) is 0 Å². The van der Waals surface area contributed by atoms with Gasteiger partial charge in [-0.15, -0.1) is 0 Å². The second kappa shape index (κ2) is 63.2. The molecule has 502 valence electrons. The third-order valence-electron chi connectivity index (χ3n) is 18.3. The van der Waals surface area contributed by atoms with Crippen LogP contribution in [0.3, 0.4) is 0 Å². The van der Waals surface area contributed by atoms with Gasteiger partial charge in [0, 0.05) is 9.79 Å². The van der Waals surface area contributed by atoms with Gasteiger partial charge in [0.1, 0.15) is 0 Å². The number of carbonyl (C=O) groups excluding carboxylic acids is 2. The molecule has 0 aliphatic heterocycles. The Kier molecular flexibility index (Phi) is 61.7. The van der Waals surface area contributed by atoms with E-state index in [1.807, 2.05) is 0 Å². The molecule has 2 aromatic carbocycles. The molecule has 0 saturated heterocycles. The summed E-state index contributed by atoms with van der Waals surface area (Å²) in [7, 11) is 2.90. The highest BCUT2D eigenvalue weighted by molar-refractivity contribution is 8.76. The molecule has 2 aromatic rings. The minimum atomic E-state index is -1.20. The first-order valence-electron chi connectivity index (χ1n) is 37.7. The molecule has 6 nitrogen and oxygen atoms in total. The molecular formula is C78H144N2O4S2. The van der Waals surface area contributed by atoms with Gasteiger partial charge < -0.3 is 28.8 Å². The Hall–Kier alpha value is -2.00. The van der Waals surface area contributed by atoms with E-state index in [4.69, 9.17) is 0 Å². The van der Waals surface area contributed by atoms with E-state index >= 15 is 0 Å². The van der Waals surface area contributed by atoms with Gasteiger partial charge in [-0.05, 0) is 138 Å². The summed E-state index contributed by atoms with van der Waals surface area (Å²) >= 11 is 0. The molecule has 0 unspecified atom stereocenters. The van der Waals surface area contributed by atoms with Crippen LogP contribution in [0.2, 0.25) is 0 Å². The molecule has 0 aliphatic rings. The molecule has 86 heavy (non-hydrogen) atoms. The molecule has 0 spiro atoms. The van der Waals surface area contributed by atoms with E-state index in [-0.39, 0.29) is 11.1 Å². The monoisotopic (exact) mass is 1240 g/mol. The Labute approximate surface area is 544 Å². The van der Waals surface area contributed by atoms with Gasteiger partial charge in [-0.25, -0.2) is 0 Å². The van der Waals surface area contributed by atoms with Gasteiger partial charge in [0.15, 0.2) is 0 Å². The Morgan fingerprint density at radius 3 is 0.523 bits per heavy atom. The van der Waals surface area contributed by atoms with Crippen LogP contribution in [-0.2, 0) is 0 Å². The molecule has 0 amide bonds. The highest BCUT2D eigenvalue weighted by atomic mass is 33.1. The number of unbranched alkanes of at least 4 members (excludes halogenated alkanes) is 40. The topological polar surface area (TPSA) is 80.3 Å². The van der Waals surface area contributed by atoms with Crippen molar-refractivity contribution < 1.29 is 28.8 Å². The number of carboxylic acids is 2. The van der Waals surface area contributed by atoms with E-state index in [1.165, 1.54) is 415 Å². The maximum Gasteiger partial charge on any atom is 0.0786 e. The fraction of sp³-hybridized carbons (Fsp3) is 0.821. The number of rotatable bonds is 61. The van der Waals surface area contributed by atoms with E-state index in [1.54, 1.807) is 24.3 Å². The number of carboxylic acid groups (broad SMARTS) is 2. The maximum atomic E-state index is 10.6. The molecule has 0 saturated carbocycles. The van der Waals surface area contributed by atoms with E-state index < -0.39 is 11.9 Å². The van der Waals surface area contributed by atoms with Gasteiger partial charge in [0.25, 0.3) is 0 Å². The number of aromatic carboxylic acids is 2. The molecule has 0 heterocycles. The Morgan fingerprint density at radius 1 is 0.244 bits per heavy atom. The minimum Gasteiger partial charge on any atom is -0.545 e. The lowest BCUT2D eigenvalue weighted by Gasteiger charge is -2.40. The summed E-state index contributed by atoms with van der Waals surface area (Å²) in [5.74, 6) is -2.40. The number of carbonyl (C=O) groups is 2. The molecule has 0 radical (unpaired) electrons. The van der Waals surface area contributed by atoms with Crippen molar-refractivity contribution in [2.75, 3.05) is 52.4 Å². The summed E-state index contributed by atoms with van der Waals surface area (Å²) in [4.78, 5) is 23.0. The summed E-state index contributed by atoms with van der Waals surface area (Å²) < 4.78 is 2.95. The quantitative estimate of drug-likeness (QED) is 0.0373. The molecular weight excluding hydrogens is 1090 g/mol. The predicted octanol–water partition coefficient (Wildman–Crippen LogP) is 23.7. The fourth-order valence-electron chi connectivity index (χ4n) is 12.6. The van der Waals surface area contributed by atoms with Crippen molar-refractivity contribution in [1.29, 1.82) is 0 Å². The molecule has 0 aliphatic carbocycles. The smallest absolute Gasteiger partial charge is 0.0786 e. The molecule has 0 atom stereocenters. The van der Waals surface area contributed by atoms with Crippen LogP contribution in [0.1, 0.15) is 384 Å². The highest BCUT2D eigenvalue weighted by Gasteiger charge is 2.27. The summed E-state index contributed by atoms with van der Waals surface area (Å²) in [6.07, 6.45) is 69.5. The zero-order valence-corrected chi connectivity index (χ0v) is 60.2. The van der Waals surface area contributed by atoms with Gasteiger partial charge in [-0.2, -0.15) is 0 Å². The van der Waals surface area contributed by atoms with Gasteiger partial charge in [-0.1, -0.05) is 307 Å². The average Bonchev–Trinajstić information content (AvgIpc) is 3.72. The van der Waals surface area contributed by atoms with Crippen LogP contribution >= 0.6 is 21.6 Å². The number of hydrogen-bond donors (Lipinski definition) is 0. The summed E-state index contributed by atoms with van der Waals surface area (Å²) in [5.41, 5.74) is 0.273. The SMILES string of the molecule is CCCCCCCC[N+](CCCCCCCC)(CCCCCCCC)CCCCCCCC.CCCCCCCC[N+](CCCCCCCC)(CCCCCCCC)CCCCCCCC.O=C([O-])c1ccc(SSc2ccc(C(=O)[O-])cc2)cc1. The van der Waals surface area contributed by atoms with Gasteiger partial charge in [0.05, 0.1) is 64.3 Å². The van der Waals surface area contributed by atoms with Crippen molar-refractivity contribution in [2.45, 2.75) is 373 Å². The average molecular weight is 1240 g/mol. The summed E-state index contributed by atoms with van der Waals surface area (Å²) in [5, 5.41) is 21.2. The normalized spacial score (nSPS) is 11.6. The first kappa shape index (κ1) is 84.0. The van der Waals surface area contributed by atoms with Gasteiger partial charge in [-0.3, -0.25) is 0 Å². The van der Waals surface area contributed by atoms with Gasteiger partial charge in [0.2, 0.25) is 0 Å². The number of hydrogen-bond acceptors (Lipinski definition) is 6. The molecule has 0 fully saturated rings. The zero-order chi connectivity index (χ0) is 63.1. The minimum absolute atomic E-state index is 0.137. The Bertz CT molecular complexity index is 1460. The molecule has 0 N–H and O–H groups in total. The summed E-state index contributed by atoms with van der Waals surface area (Å²) in [6, 6.07) is 12.7. The lowest BCUT2D eigenvalue weighted by atomic mass is 10.0. The zero-order valence-electron chi connectivity index (χ0n) is 58.6. The Morgan fingerprint density at radius 2 is 0.384 bits per heavy atom. The van der Waals surface area contributed by atoms with Crippen LogP contribution in [0.25, 0.3) is 0 Å². The Balaban J connectivity index is 0.00000130. The highest BCUT2D eigenvalue weighted by Crippen LogP contribution is 2.37. The van der Waals surface area contributed by atoms with E-state index in [2.05, 4.69) is 55.4 Å². The largest absolute Gasteiger partial charge is 0.545 e.